The SMILES string of the molecule is Cc1ccc(-n2cc(C3=NCC=CC3)nc2-c2ccc(Nc3ncccc3N)cc2)cn1. The lowest BCUT2D eigenvalue weighted by Crippen LogP contribution is -2.04. The fraction of sp³-hybridized carbons (Fsp3) is 0.120. The average Bonchev–Trinajstić information content (AvgIpc) is 3.28. The van der Waals surface area contributed by atoms with Crippen molar-refractivity contribution in [3.05, 3.63) is 90.7 Å². The number of nitrogens with one attached hydrogen (secondary N) is 1. The Morgan fingerprint density at radius 2 is 1.88 bits per heavy atom. The number of nitrogens with zero attached hydrogens (tertiary/aromatic N) is 5. The van der Waals surface area contributed by atoms with Crippen molar-refractivity contribution in [1.82, 2.24) is 19.5 Å². The van der Waals surface area contributed by atoms with Crippen LogP contribution in [-0.4, -0.2) is 31.8 Å². The number of benzene rings is 1. The monoisotopic (exact) mass is 421 g/mol. The molecule has 0 atom stereocenters. The van der Waals surface area contributed by atoms with E-state index in [-0.39, 0.29) is 0 Å². The molecule has 3 N–H and O–H groups in total. The average molecular weight is 422 g/mol. The van der Waals surface area contributed by atoms with E-state index in [9.17, 15) is 0 Å². The maximum atomic E-state index is 6.00. The molecule has 0 aliphatic carbocycles. The van der Waals surface area contributed by atoms with Gasteiger partial charge >= 0.3 is 0 Å². The van der Waals surface area contributed by atoms with E-state index in [1.165, 1.54) is 0 Å². The molecule has 0 bridgehead atoms. The number of anilines is 3. The third-order valence-corrected chi connectivity index (χ3v) is 5.29. The number of rotatable bonds is 5. The topological polar surface area (TPSA) is 94.0 Å². The molecule has 5 rings (SSSR count). The lowest BCUT2D eigenvalue weighted by Gasteiger charge is -2.10. The van der Waals surface area contributed by atoms with Crippen molar-refractivity contribution in [1.29, 1.82) is 0 Å². The van der Waals surface area contributed by atoms with Crippen molar-refractivity contribution in [3.63, 3.8) is 0 Å². The molecule has 7 nitrogen and oxygen atoms in total. The lowest BCUT2D eigenvalue weighted by atomic mass is 10.1. The normalized spacial score (nSPS) is 13.1. The Hall–Kier alpha value is -4.26. The zero-order chi connectivity index (χ0) is 21.9. The van der Waals surface area contributed by atoms with Gasteiger partial charge < -0.3 is 11.1 Å². The van der Waals surface area contributed by atoms with Gasteiger partial charge in [-0.15, -0.1) is 0 Å². The van der Waals surface area contributed by atoms with E-state index in [1.54, 1.807) is 6.20 Å². The van der Waals surface area contributed by atoms with Crippen LogP contribution in [0.5, 0.6) is 0 Å². The van der Waals surface area contributed by atoms with Crippen molar-refractivity contribution in [3.8, 4) is 17.1 Å². The summed E-state index contributed by atoms with van der Waals surface area (Å²) in [5, 5.41) is 3.26. The first-order valence-electron chi connectivity index (χ1n) is 10.5. The van der Waals surface area contributed by atoms with Crippen LogP contribution in [0.3, 0.4) is 0 Å². The van der Waals surface area contributed by atoms with Gasteiger partial charge in [0.05, 0.1) is 29.8 Å². The Morgan fingerprint density at radius 3 is 2.59 bits per heavy atom. The Labute approximate surface area is 186 Å². The maximum Gasteiger partial charge on any atom is 0.153 e. The fourth-order valence-corrected chi connectivity index (χ4v) is 3.57. The number of aliphatic imine (C=N–C) groups is 1. The van der Waals surface area contributed by atoms with Crippen molar-refractivity contribution in [2.24, 2.45) is 4.99 Å². The van der Waals surface area contributed by atoms with Crippen LogP contribution >= 0.6 is 0 Å². The van der Waals surface area contributed by atoms with Gasteiger partial charge in [-0.3, -0.25) is 14.5 Å². The van der Waals surface area contributed by atoms with Gasteiger partial charge in [-0.05, 0) is 55.5 Å². The van der Waals surface area contributed by atoms with Crippen LogP contribution < -0.4 is 11.1 Å². The predicted molar refractivity (Wildman–Crippen MR) is 129 cm³/mol. The Kier molecular flexibility index (Phi) is 5.21. The van der Waals surface area contributed by atoms with Gasteiger partial charge in [0, 0.05) is 35.8 Å². The first kappa shape index (κ1) is 19.7. The number of imidazole rings is 1. The third-order valence-electron chi connectivity index (χ3n) is 5.29. The summed E-state index contributed by atoms with van der Waals surface area (Å²) < 4.78 is 2.07. The first-order valence-corrected chi connectivity index (χ1v) is 10.5. The van der Waals surface area contributed by atoms with E-state index in [0.717, 1.165) is 46.3 Å². The molecule has 1 aromatic carbocycles. The van der Waals surface area contributed by atoms with Crippen LogP contribution in [0.1, 0.15) is 17.8 Å². The molecule has 0 radical (unpaired) electrons. The Morgan fingerprint density at radius 1 is 1.00 bits per heavy atom. The molecule has 4 heterocycles. The minimum absolute atomic E-state index is 0.603. The summed E-state index contributed by atoms with van der Waals surface area (Å²) >= 11 is 0. The Bertz CT molecular complexity index is 1300. The standard InChI is InChI=1S/C25H23N7/c1-17-7-12-20(15-29-17)32-16-23(22-6-2-3-13-27-22)31-25(32)18-8-10-19(11-9-18)30-24-21(26)5-4-14-28-24/h2-5,7-12,14-16H,6,13,26H2,1H3,(H,28,30). The molecular formula is C25H23N7. The van der Waals surface area contributed by atoms with Crippen LogP contribution in [0.15, 0.2) is 84.3 Å². The van der Waals surface area contributed by atoms with Gasteiger partial charge in [0.2, 0.25) is 0 Å². The highest BCUT2D eigenvalue weighted by molar-refractivity contribution is 6.00. The minimum atomic E-state index is 0.603. The number of hydrogen-bond donors (Lipinski definition) is 2. The zero-order valence-corrected chi connectivity index (χ0v) is 17.7. The molecule has 32 heavy (non-hydrogen) atoms. The number of pyridine rings is 2. The second-order valence-electron chi connectivity index (χ2n) is 7.58. The van der Waals surface area contributed by atoms with E-state index in [1.807, 2.05) is 61.8 Å². The number of dihydropyridines is 1. The quantitative estimate of drug-likeness (QED) is 0.455. The summed E-state index contributed by atoms with van der Waals surface area (Å²) in [6.07, 6.45) is 10.6. The first-order chi connectivity index (χ1) is 15.7. The van der Waals surface area contributed by atoms with E-state index in [2.05, 4.69) is 43.1 Å². The molecule has 7 heteroatoms. The van der Waals surface area contributed by atoms with Gasteiger partial charge in [-0.1, -0.05) is 12.2 Å². The minimum Gasteiger partial charge on any atom is -0.396 e. The number of allylic oxidation sites excluding steroid dienone is 1. The van der Waals surface area contributed by atoms with E-state index in [0.29, 0.717) is 18.1 Å². The summed E-state index contributed by atoms with van der Waals surface area (Å²) in [6.45, 7) is 2.67. The molecule has 0 saturated heterocycles. The van der Waals surface area contributed by atoms with Gasteiger partial charge in [-0.2, -0.15) is 0 Å². The van der Waals surface area contributed by atoms with Crippen molar-refractivity contribution in [2.75, 3.05) is 17.6 Å². The smallest absolute Gasteiger partial charge is 0.153 e. The van der Waals surface area contributed by atoms with Crippen LogP contribution in [0, 0.1) is 6.92 Å². The van der Waals surface area contributed by atoms with Gasteiger partial charge in [0.25, 0.3) is 0 Å². The van der Waals surface area contributed by atoms with Gasteiger partial charge in [-0.25, -0.2) is 9.97 Å². The summed E-state index contributed by atoms with van der Waals surface area (Å²) in [5.41, 5.74) is 12.3. The molecular weight excluding hydrogens is 398 g/mol. The number of aryl methyl sites for hydroxylation is 1. The predicted octanol–water partition coefficient (Wildman–Crippen LogP) is 4.71. The van der Waals surface area contributed by atoms with Gasteiger partial charge in [0.1, 0.15) is 11.5 Å². The summed E-state index contributed by atoms with van der Waals surface area (Å²) in [7, 11) is 0. The molecule has 0 saturated carbocycles. The summed E-state index contributed by atoms with van der Waals surface area (Å²) in [6, 6.07) is 15.8. The second kappa shape index (κ2) is 8.47. The summed E-state index contributed by atoms with van der Waals surface area (Å²) in [4.78, 5) is 18.3. The van der Waals surface area contributed by atoms with E-state index < -0.39 is 0 Å². The maximum absolute atomic E-state index is 6.00. The van der Waals surface area contributed by atoms with Crippen LogP contribution in [0.2, 0.25) is 0 Å². The van der Waals surface area contributed by atoms with E-state index >= 15 is 0 Å². The molecule has 3 aromatic heterocycles. The molecule has 0 unspecified atom stereocenters. The molecule has 1 aliphatic heterocycles. The highest BCUT2D eigenvalue weighted by Crippen LogP contribution is 2.27. The molecule has 0 amide bonds. The van der Waals surface area contributed by atoms with Crippen molar-refractivity contribution in [2.45, 2.75) is 13.3 Å². The molecule has 0 fully saturated rings. The zero-order valence-electron chi connectivity index (χ0n) is 17.7. The molecule has 0 spiro atoms. The lowest BCUT2D eigenvalue weighted by molar-refractivity contribution is 1.04. The number of nitrogen functional groups attached to an aromatic ring is 1. The number of nitrogens with two attached hydrogens (primary N) is 1. The van der Waals surface area contributed by atoms with Crippen LogP contribution in [-0.2, 0) is 0 Å². The van der Waals surface area contributed by atoms with Gasteiger partial charge in [0.15, 0.2) is 5.82 Å². The second-order valence-corrected chi connectivity index (χ2v) is 7.58. The van der Waals surface area contributed by atoms with E-state index in [4.69, 9.17) is 10.7 Å². The molecule has 1 aliphatic rings. The largest absolute Gasteiger partial charge is 0.396 e. The van der Waals surface area contributed by atoms with Crippen LogP contribution in [0.4, 0.5) is 17.2 Å². The highest BCUT2D eigenvalue weighted by Gasteiger charge is 2.16. The van der Waals surface area contributed by atoms with Crippen molar-refractivity contribution >= 4 is 22.9 Å². The number of aromatic nitrogens is 4. The third kappa shape index (κ3) is 4.00. The fourth-order valence-electron chi connectivity index (χ4n) is 3.57. The highest BCUT2D eigenvalue weighted by atomic mass is 15.1. The molecule has 158 valence electrons. The van der Waals surface area contributed by atoms with Crippen LogP contribution in [0.25, 0.3) is 17.1 Å². The summed E-state index contributed by atoms with van der Waals surface area (Å²) in [5.74, 6) is 1.48. The number of hydrogen-bond acceptors (Lipinski definition) is 6. The molecule has 4 aromatic rings. The van der Waals surface area contributed by atoms with Crippen molar-refractivity contribution < 1.29 is 0 Å². The Balaban J connectivity index is 1.51.